The lowest BCUT2D eigenvalue weighted by Crippen LogP contribution is -2.50. The molecule has 0 aliphatic carbocycles. The summed E-state index contributed by atoms with van der Waals surface area (Å²) in [5.41, 5.74) is 4.08. The van der Waals surface area contributed by atoms with Crippen molar-refractivity contribution < 1.29 is 0 Å². The Morgan fingerprint density at radius 2 is 1.71 bits per heavy atom. The van der Waals surface area contributed by atoms with Crippen LogP contribution in [-0.4, -0.2) is 49.8 Å². The average molecular weight is 382 g/mol. The first-order valence-corrected chi connectivity index (χ1v) is 9.52. The molecule has 0 N–H and O–H groups in total. The summed E-state index contributed by atoms with van der Waals surface area (Å²) < 4.78 is 4.43. The van der Waals surface area contributed by atoms with E-state index in [0.29, 0.717) is 17.8 Å². The first kappa shape index (κ1) is 18.5. The van der Waals surface area contributed by atoms with Gasteiger partial charge in [-0.05, 0) is 37.1 Å². The zero-order valence-corrected chi connectivity index (χ0v) is 16.8. The third-order valence-corrected chi connectivity index (χ3v) is 5.77. The van der Waals surface area contributed by atoms with Gasteiger partial charge < -0.3 is 9.47 Å². The van der Waals surface area contributed by atoms with Gasteiger partial charge in [0, 0.05) is 46.0 Å². The highest BCUT2D eigenvalue weighted by molar-refractivity contribution is 5.69. The molecule has 3 aromatic rings. The van der Waals surface area contributed by atoms with Gasteiger partial charge in [0.2, 0.25) is 0 Å². The maximum atomic E-state index is 12.9. The second kappa shape index (κ2) is 6.94. The molecule has 1 fully saturated rings. The van der Waals surface area contributed by atoms with E-state index in [2.05, 4.69) is 46.8 Å². The number of hydrogen-bond donors (Lipinski definition) is 0. The minimum absolute atomic E-state index is 0.283. The molecule has 0 spiro atoms. The number of anilines is 1. The molecular weight excluding hydrogens is 356 g/mol. The van der Waals surface area contributed by atoms with Crippen LogP contribution >= 0.6 is 0 Å². The third kappa shape index (κ3) is 3.03. The lowest BCUT2D eigenvalue weighted by atomic mass is 10.1. The molecule has 0 saturated carbocycles. The summed E-state index contributed by atoms with van der Waals surface area (Å²) in [5, 5.41) is 0. The van der Waals surface area contributed by atoms with Crippen molar-refractivity contribution in [1.29, 1.82) is 0 Å². The molecule has 0 amide bonds. The highest BCUT2D eigenvalue weighted by Crippen LogP contribution is 2.20. The van der Waals surface area contributed by atoms with Crippen LogP contribution in [0, 0.1) is 13.8 Å². The van der Waals surface area contributed by atoms with Crippen molar-refractivity contribution >= 4 is 16.9 Å². The lowest BCUT2D eigenvalue weighted by molar-refractivity contribution is 0.198. The van der Waals surface area contributed by atoms with E-state index in [1.54, 1.807) is 25.0 Å². The van der Waals surface area contributed by atoms with Crippen molar-refractivity contribution in [3.63, 3.8) is 0 Å². The third-order valence-electron chi connectivity index (χ3n) is 5.77. The fourth-order valence-electron chi connectivity index (χ4n) is 3.79. The van der Waals surface area contributed by atoms with E-state index in [-0.39, 0.29) is 11.2 Å². The summed E-state index contributed by atoms with van der Waals surface area (Å²) >= 11 is 0. The Morgan fingerprint density at radius 3 is 2.39 bits per heavy atom. The van der Waals surface area contributed by atoms with Gasteiger partial charge in [-0.1, -0.05) is 6.07 Å². The Labute approximate surface area is 163 Å². The zero-order chi connectivity index (χ0) is 20.0. The number of hydrogen-bond acceptors (Lipinski definition) is 5. The Bertz CT molecular complexity index is 1150. The summed E-state index contributed by atoms with van der Waals surface area (Å²) in [6, 6.07) is 6.54. The summed E-state index contributed by atoms with van der Waals surface area (Å²) in [5.74, 6) is 0. The quantitative estimate of drug-likeness (QED) is 0.671. The van der Waals surface area contributed by atoms with E-state index in [4.69, 9.17) is 0 Å². The van der Waals surface area contributed by atoms with E-state index in [1.165, 1.54) is 25.9 Å². The van der Waals surface area contributed by atoms with Crippen LogP contribution in [0.4, 0.5) is 5.69 Å². The van der Waals surface area contributed by atoms with Gasteiger partial charge in [-0.3, -0.25) is 14.3 Å². The first-order valence-electron chi connectivity index (χ1n) is 9.52. The molecule has 4 rings (SSSR count). The zero-order valence-electron chi connectivity index (χ0n) is 16.8. The van der Waals surface area contributed by atoms with Gasteiger partial charge in [-0.15, -0.1) is 0 Å². The van der Waals surface area contributed by atoms with E-state index < -0.39 is 0 Å². The number of piperazine rings is 1. The van der Waals surface area contributed by atoms with Gasteiger partial charge in [0.05, 0.1) is 13.0 Å². The van der Waals surface area contributed by atoms with Crippen LogP contribution in [0.3, 0.4) is 0 Å². The Hall–Kier alpha value is -2.87. The maximum Gasteiger partial charge on any atom is 0.333 e. The fraction of sp³-hybridized carbons (Fsp3) is 0.450. The largest absolute Gasteiger partial charge is 0.369 e. The highest BCUT2D eigenvalue weighted by atomic mass is 16.2. The minimum Gasteiger partial charge on any atom is -0.369 e. The molecule has 28 heavy (non-hydrogen) atoms. The fourth-order valence-corrected chi connectivity index (χ4v) is 3.79. The molecule has 0 unspecified atom stereocenters. The van der Waals surface area contributed by atoms with E-state index in [1.807, 2.05) is 0 Å². The maximum absolute atomic E-state index is 12.9. The number of rotatable bonds is 3. The second-order valence-electron chi connectivity index (χ2n) is 7.62. The molecule has 1 aromatic carbocycles. The molecule has 1 aliphatic rings. The lowest BCUT2D eigenvalue weighted by Gasteiger charge is -2.36. The predicted molar refractivity (Wildman–Crippen MR) is 110 cm³/mol. The normalized spacial score (nSPS) is 15.5. The van der Waals surface area contributed by atoms with Crippen molar-refractivity contribution in [3.8, 4) is 0 Å². The Kier molecular flexibility index (Phi) is 4.58. The topological polar surface area (TPSA) is 68.3 Å². The number of nitrogens with zero attached hydrogens (tertiary/aromatic N) is 6. The smallest absolute Gasteiger partial charge is 0.333 e. The first-order chi connectivity index (χ1) is 13.4. The molecule has 8 nitrogen and oxygen atoms in total. The van der Waals surface area contributed by atoms with Crippen LogP contribution in [0.15, 0.2) is 34.1 Å². The molecule has 0 atom stereocenters. The number of benzene rings is 1. The molecule has 1 saturated heterocycles. The molecule has 3 heterocycles. The summed E-state index contributed by atoms with van der Waals surface area (Å²) in [6.07, 6.45) is 1.57. The summed E-state index contributed by atoms with van der Waals surface area (Å²) in [7, 11) is 3.43. The molecule has 1 aliphatic heterocycles. The van der Waals surface area contributed by atoms with Crippen molar-refractivity contribution in [2.24, 2.45) is 14.1 Å². The Morgan fingerprint density at radius 1 is 1.00 bits per heavy atom. The molecule has 148 valence electrons. The average Bonchev–Trinajstić information content (AvgIpc) is 3.08. The number of imidazole rings is 1. The van der Waals surface area contributed by atoms with Gasteiger partial charge in [0.15, 0.2) is 11.2 Å². The SMILES string of the molecule is Cc1ccc(N2CCN(Cn3c(=O)c4c(ncn4C)n(C)c3=O)CC2)cc1C. The number of fused-ring (bicyclic) bond motifs is 1. The van der Waals surface area contributed by atoms with E-state index in [0.717, 1.165) is 26.2 Å². The van der Waals surface area contributed by atoms with Crippen LogP contribution in [0.2, 0.25) is 0 Å². The molecule has 0 radical (unpaired) electrons. The van der Waals surface area contributed by atoms with Crippen LogP contribution in [-0.2, 0) is 20.8 Å². The second-order valence-corrected chi connectivity index (χ2v) is 7.62. The van der Waals surface area contributed by atoms with E-state index in [9.17, 15) is 9.59 Å². The predicted octanol–water partition coefficient (Wildman–Crippen LogP) is 0.830. The summed E-state index contributed by atoms with van der Waals surface area (Å²) in [4.78, 5) is 34.2. The van der Waals surface area contributed by atoms with Gasteiger partial charge in [-0.2, -0.15) is 0 Å². The molecular formula is C20H26N6O2. The van der Waals surface area contributed by atoms with Crippen molar-refractivity contribution in [3.05, 3.63) is 56.5 Å². The number of aryl methyl sites for hydroxylation is 4. The van der Waals surface area contributed by atoms with Crippen molar-refractivity contribution in [2.75, 3.05) is 31.1 Å². The van der Waals surface area contributed by atoms with Gasteiger partial charge >= 0.3 is 5.69 Å². The van der Waals surface area contributed by atoms with Gasteiger partial charge in [0.25, 0.3) is 5.56 Å². The van der Waals surface area contributed by atoms with Crippen LogP contribution in [0.1, 0.15) is 11.1 Å². The number of aromatic nitrogens is 4. The summed E-state index contributed by atoms with van der Waals surface area (Å²) in [6.45, 7) is 7.88. The van der Waals surface area contributed by atoms with Crippen LogP contribution in [0.25, 0.3) is 11.2 Å². The molecule has 8 heteroatoms. The van der Waals surface area contributed by atoms with Gasteiger partial charge in [0.1, 0.15) is 0 Å². The molecule has 2 aromatic heterocycles. The van der Waals surface area contributed by atoms with Crippen LogP contribution in [0.5, 0.6) is 0 Å². The van der Waals surface area contributed by atoms with Crippen LogP contribution < -0.4 is 16.1 Å². The highest BCUT2D eigenvalue weighted by Gasteiger charge is 2.21. The van der Waals surface area contributed by atoms with Crippen molar-refractivity contribution in [1.82, 2.24) is 23.6 Å². The minimum atomic E-state index is -0.326. The van der Waals surface area contributed by atoms with E-state index >= 15 is 0 Å². The Balaban J connectivity index is 1.54. The van der Waals surface area contributed by atoms with Crippen molar-refractivity contribution in [2.45, 2.75) is 20.5 Å². The molecule has 0 bridgehead atoms. The van der Waals surface area contributed by atoms with Gasteiger partial charge in [-0.25, -0.2) is 14.3 Å². The monoisotopic (exact) mass is 382 g/mol. The standard InChI is InChI=1S/C20H26N6O2/c1-14-5-6-16(11-15(14)2)25-9-7-24(8-10-25)13-26-19(27)17-18(21-12-22(17)3)23(4)20(26)28/h5-6,11-12H,7-10,13H2,1-4H3.